The average Bonchev–Trinajstić information content (AvgIpc) is 3.33. The van der Waals surface area contributed by atoms with Gasteiger partial charge in [-0.3, -0.25) is 4.98 Å². The predicted molar refractivity (Wildman–Crippen MR) is 103 cm³/mol. The molecule has 1 heterocycles. The first-order chi connectivity index (χ1) is 12.1. The Morgan fingerprint density at radius 2 is 1.77 bits per heavy atom. The molecule has 1 saturated carbocycles. The van der Waals surface area contributed by atoms with Crippen molar-refractivity contribution in [1.82, 2.24) is 4.98 Å². The lowest BCUT2D eigenvalue weighted by Gasteiger charge is -2.20. The van der Waals surface area contributed by atoms with Gasteiger partial charge in [0.1, 0.15) is 17.1 Å². The minimum absolute atomic E-state index is 0.180. The van der Waals surface area contributed by atoms with Gasteiger partial charge in [0, 0.05) is 18.1 Å². The second kappa shape index (κ2) is 7.26. The first kappa shape index (κ1) is 19.3. The van der Waals surface area contributed by atoms with Gasteiger partial charge >= 0.3 is 5.97 Å². The lowest BCUT2D eigenvalue weighted by molar-refractivity contribution is 0.00697. The van der Waals surface area contributed by atoms with Crippen LogP contribution < -0.4 is 4.74 Å². The van der Waals surface area contributed by atoms with Gasteiger partial charge in [-0.25, -0.2) is 4.79 Å². The number of ether oxygens (including phenoxy) is 2. The second-order valence-corrected chi connectivity index (χ2v) is 8.40. The molecule has 2 aromatic rings. The highest BCUT2D eigenvalue weighted by molar-refractivity contribution is 6.36. The molecule has 138 valence electrons. The molecule has 1 aliphatic carbocycles. The third kappa shape index (κ3) is 4.61. The van der Waals surface area contributed by atoms with Crippen molar-refractivity contribution in [2.45, 2.75) is 45.1 Å². The molecule has 1 fully saturated rings. The maximum atomic E-state index is 12.2. The van der Waals surface area contributed by atoms with Gasteiger partial charge in [0.05, 0.1) is 32.5 Å². The quantitative estimate of drug-likeness (QED) is 0.524. The van der Waals surface area contributed by atoms with Crippen molar-refractivity contribution in [2.75, 3.05) is 0 Å². The number of aromatic nitrogens is 1. The van der Waals surface area contributed by atoms with Crippen LogP contribution in [0.4, 0.5) is 0 Å². The van der Waals surface area contributed by atoms with E-state index in [1.54, 1.807) is 33.0 Å². The molecule has 1 aromatic heterocycles. The highest BCUT2D eigenvalue weighted by Crippen LogP contribution is 2.43. The summed E-state index contributed by atoms with van der Waals surface area (Å²) in [6, 6.07) is 4.61. The van der Waals surface area contributed by atoms with Crippen LogP contribution in [0.25, 0.3) is 0 Å². The molecule has 0 bridgehead atoms. The fourth-order valence-electron chi connectivity index (χ4n) is 2.37. The molecule has 0 amide bonds. The van der Waals surface area contributed by atoms with Crippen LogP contribution in [0.3, 0.4) is 0 Å². The van der Waals surface area contributed by atoms with Crippen LogP contribution in [0.5, 0.6) is 11.5 Å². The molecule has 0 unspecified atom stereocenters. The standard InChI is InChI=1S/C19H18Cl3NO3/c1-19(2,3)26-18(24)12-7-14(21)16(8-13(12)20)25-11-6-15(22)17(23-9-11)10-4-5-10/h6-10H,4-5H2,1-3H3. The molecule has 1 aromatic carbocycles. The van der Waals surface area contributed by atoms with Gasteiger partial charge in [-0.2, -0.15) is 0 Å². The summed E-state index contributed by atoms with van der Waals surface area (Å²) in [4.78, 5) is 16.6. The van der Waals surface area contributed by atoms with Gasteiger partial charge in [-0.15, -0.1) is 0 Å². The van der Waals surface area contributed by atoms with Crippen LogP contribution in [0.1, 0.15) is 55.6 Å². The zero-order chi connectivity index (χ0) is 19.1. The molecule has 0 saturated heterocycles. The van der Waals surface area contributed by atoms with E-state index in [9.17, 15) is 4.79 Å². The predicted octanol–water partition coefficient (Wildman–Crippen LogP) is 6.67. The molecule has 7 heteroatoms. The highest BCUT2D eigenvalue weighted by atomic mass is 35.5. The van der Waals surface area contributed by atoms with Gasteiger partial charge < -0.3 is 9.47 Å². The van der Waals surface area contributed by atoms with E-state index in [1.807, 2.05) is 0 Å². The van der Waals surface area contributed by atoms with Crippen molar-refractivity contribution >= 4 is 40.8 Å². The summed E-state index contributed by atoms with van der Waals surface area (Å²) in [6.07, 6.45) is 3.83. The van der Waals surface area contributed by atoms with Crippen LogP contribution in [0.2, 0.25) is 15.1 Å². The number of rotatable bonds is 4. The number of carbonyl (C=O) groups excluding carboxylic acids is 1. The Labute approximate surface area is 167 Å². The largest absolute Gasteiger partial charge is 0.456 e. The van der Waals surface area contributed by atoms with Crippen LogP contribution in [-0.2, 0) is 4.74 Å². The summed E-state index contributed by atoms with van der Waals surface area (Å²) in [6.45, 7) is 5.33. The van der Waals surface area contributed by atoms with Crippen molar-refractivity contribution in [3.05, 3.63) is 50.7 Å². The molecule has 4 nitrogen and oxygen atoms in total. The van der Waals surface area contributed by atoms with E-state index in [0.29, 0.717) is 22.4 Å². The van der Waals surface area contributed by atoms with E-state index < -0.39 is 11.6 Å². The van der Waals surface area contributed by atoms with Gasteiger partial charge in [-0.1, -0.05) is 34.8 Å². The van der Waals surface area contributed by atoms with E-state index in [2.05, 4.69) is 4.98 Å². The van der Waals surface area contributed by atoms with Gasteiger partial charge in [0.15, 0.2) is 0 Å². The lowest BCUT2D eigenvalue weighted by Crippen LogP contribution is -2.24. The summed E-state index contributed by atoms with van der Waals surface area (Å²) < 4.78 is 11.1. The number of hydrogen-bond donors (Lipinski definition) is 0. The summed E-state index contributed by atoms with van der Waals surface area (Å²) >= 11 is 18.7. The number of benzene rings is 1. The average molecular weight is 415 g/mol. The van der Waals surface area contributed by atoms with Crippen molar-refractivity contribution in [2.24, 2.45) is 0 Å². The van der Waals surface area contributed by atoms with Gasteiger partial charge in [0.25, 0.3) is 0 Å². The molecule has 26 heavy (non-hydrogen) atoms. The normalized spacial score (nSPS) is 14.2. The van der Waals surface area contributed by atoms with E-state index in [0.717, 1.165) is 18.5 Å². The smallest absolute Gasteiger partial charge is 0.340 e. The van der Waals surface area contributed by atoms with E-state index >= 15 is 0 Å². The van der Waals surface area contributed by atoms with Crippen molar-refractivity contribution in [3.8, 4) is 11.5 Å². The molecular weight excluding hydrogens is 397 g/mol. The summed E-state index contributed by atoms with van der Waals surface area (Å²) in [5.74, 6) is 0.653. The van der Waals surface area contributed by atoms with E-state index in [4.69, 9.17) is 44.3 Å². The molecule has 0 atom stereocenters. The lowest BCUT2D eigenvalue weighted by atomic mass is 10.1. The van der Waals surface area contributed by atoms with Crippen LogP contribution >= 0.6 is 34.8 Å². The summed E-state index contributed by atoms with van der Waals surface area (Å²) in [7, 11) is 0. The Hall–Kier alpha value is -1.49. The monoisotopic (exact) mass is 413 g/mol. The van der Waals surface area contributed by atoms with Crippen LogP contribution in [0.15, 0.2) is 24.4 Å². The number of halogens is 3. The molecule has 0 N–H and O–H groups in total. The number of carbonyl (C=O) groups is 1. The minimum atomic E-state index is -0.631. The minimum Gasteiger partial charge on any atom is -0.456 e. The Morgan fingerprint density at radius 1 is 1.08 bits per heavy atom. The zero-order valence-corrected chi connectivity index (χ0v) is 16.9. The van der Waals surface area contributed by atoms with E-state index in [-0.39, 0.29) is 15.6 Å². The summed E-state index contributed by atoms with van der Waals surface area (Å²) in [5, 5.41) is 0.988. The third-order valence-corrected chi connectivity index (χ3v) is 4.59. The number of nitrogens with zero attached hydrogens (tertiary/aromatic N) is 1. The molecule has 0 aliphatic heterocycles. The third-order valence-electron chi connectivity index (χ3n) is 3.68. The maximum absolute atomic E-state index is 12.2. The maximum Gasteiger partial charge on any atom is 0.340 e. The highest BCUT2D eigenvalue weighted by Gasteiger charge is 2.27. The van der Waals surface area contributed by atoms with Crippen LogP contribution in [0, 0.1) is 0 Å². The fourth-order valence-corrected chi connectivity index (χ4v) is 3.11. The molecule has 3 rings (SSSR count). The first-order valence-electron chi connectivity index (χ1n) is 8.20. The Kier molecular flexibility index (Phi) is 5.38. The fraction of sp³-hybridized carbons (Fsp3) is 0.368. The van der Waals surface area contributed by atoms with Crippen molar-refractivity contribution < 1.29 is 14.3 Å². The Bertz CT molecular complexity index is 858. The first-order valence-corrected chi connectivity index (χ1v) is 9.33. The summed E-state index contributed by atoms with van der Waals surface area (Å²) in [5.41, 5.74) is 0.441. The molecular formula is C19H18Cl3NO3. The van der Waals surface area contributed by atoms with E-state index in [1.165, 1.54) is 12.1 Å². The number of pyridine rings is 1. The number of esters is 1. The molecule has 1 aliphatic rings. The molecule has 0 spiro atoms. The molecule has 0 radical (unpaired) electrons. The van der Waals surface area contributed by atoms with Crippen molar-refractivity contribution in [1.29, 1.82) is 0 Å². The Morgan fingerprint density at radius 3 is 2.35 bits per heavy atom. The van der Waals surface area contributed by atoms with Gasteiger partial charge in [-0.05, 0) is 39.7 Å². The second-order valence-electron chi connectivity index (χ2n) is 7.18. The topological polar surface area (TPSA) is 48.4 Å². The zero-order valence-electron chi connectivity index (χ0n) is 14.6. The van der Waals surface area contributed by atoms with Gasteiger partial charge in [0.2, 0.25) is 0 Å². The Balaban J connectivity index is 1.82. The van der Waals surface area contributed by atoms with Crippen LogP contribution in [-0.4, -0.2) is 16.6 Å². The SMILES string of the molecule is CC(C)(C)OC(=O)c1cc(Cl)c(Oc2cnc(C3CC3)c(Cl)c2)cc1Cl. The number of hydrogen-bond acceptors (Lipinski definition) is 4. The van der Waals surface area contributed by atoms with Crippen molar-refractivity contribution in [3.63, 3.8) is 0 Å².